The zero-order valence-corrected chi connectivity index (χ0v) is 18.4. The molecule has 162 valence electrons. The molecule has 9 nitrogen and oxygen atoms in total. The van der Waals surface area contributed by atoms with E-state index in [4.69, 9.17) is 16.3 Å². The number of hydrogen-bond donors (Lipinski definition) is 1. The van der Waals surface area contributed by atoms with Crippen LogP contribution in [-0.4, -0.2) is 30.8 Å². The van der Waals surface area contributed by atoms with Crippen molar-refractivity contribution in [1.29, 1.82) is 0 Å². The molecule has 0 radical (unpaired) electrons. The first kappa shape index (κ1) is 22.6. The van der Waals surface area contributed by atoms with Crippen molar-refractivity contribution in [3.8, 4) is 5.75 Å². The summed E-state index contributed by atoms with van der Waals surface area (Å²) < 4.78 is 7.63. The molecule has 0 spiro atoms. The first-order chi connectivity index (χ1) is 14.9. The number of aromatic nitrogens is 3. The standard InChI is InChI=1S/C20H20ClN5O4S/c1-3-25-18(12-30-17-10-4-14(21)5-11-17)23-24-20(25)31-13(2)19(27)22-15-6-8-16(9-7-15)26(28)29/h4-11,13H,3,12H2,1-2H3,(H,22,27). The van der Waals surface area contributed by atoms with Gasteiger partial charge in [-0.25, -0.2) is 0 Å². The monoisotopic (exact) mass is 461 g/mol. The Bertz CT molecular complexity index is 1060. The molecule has 0 aliphatic heterocycles. The van der Waals surface area contributed by atoms with Crippen molar-refractivity contribution in [3.63, 3.8) is 0 Å². The maximum absolute atomic E-state index is 12.5. The molecule has 3 rings (SSSR count). The van der Waals surface area contributed by atoms with E-state index < -0.39 is 10.2 Å². The van der Waals surface area contributed by atoms with Crippen LogP contribution in [0.1, 0.15) is 19.7 Å². The number of halogens is 1. The molecular formula is C20H20ClN5O4S. The van der Waals surface area contributed by atoms with E-state index in [0.717, 1.165) is 0 Å². The van der Waals surface area contributed by atoms with Crippen molar-refractivity contribution in [3.05, 3.63) is 69.5 Å². The van der Waals surface area contributed by atoms with E-state index in [9.17, 15) is 14.9 Å². The maximum Gasteiger partial charge on any atom is 0.269 e. The van der Waals surface area contributed by atoms with E-state index in [1.54, 1.807) is 31.2 Å². The number of nitro benzene ring substituents is 1. The molecule has 1 heterocycles. The van der Waals surface area contributed by atoms with Crippen LogP contribution in [-0.2, 0) is 17.9 Å². The fourth-order valence-electron chi connectivity index (χ4n) is 2.63. The van der Waals surface area contributed by atoms with Gasteiger partial charge in [-0.3, -0.25) is 14.9 Å². The summed E-state index contributed by atoms with van der Waals surface area (Å²) in [6.07, 6.45) is 0. The van der Waals surface area contributed by atoms with Crippen LogP contribution >= 0.6 is 23.4 Å². The number of amides is 1. The molecule has 0 saturated heterocycles. The van der Waals surface area contributed by atoms with E-state index in [1.165, 1.54) is 36.0 Å². The van der Waals surface area contributed by atoms with E-state index in [-0.39, 0.29) is 18.2 Å². The Morgan fingerprint density at radius 3 is 2.52 bits per heavy atom. The number of anilines is 1. The smallest absolute Gasteiger partial charge is 0.269 e. The number of non-ortho nitro benzene ring substituents is 1. The third kappa shape index (κ3) is 5.96. The quantitative estimate of drug-likeness (QED) is 0.282. The predicted molar refractivity (Wildman–Crippen MR) is 119 cm³/mol. The molecule has 0 bridgehead atoms. The topological polar surface area (TPSA) is 112 Å². The van der Waals surface area contributed by atoms with Crippen molar-refractivity contribution >= 4 is 40.6 Å². The van der Waals surface area contributed by atoms with Gasteiger partial charge in [0.15, 0.2) is 11.0 Å². The van der Waals surface area contributed by atoms with Crippen molar-refractivity contribution in [2.75, 3.05) is 5.32 Å². The molecule has 2 aromatic carbocycles. The number of nitrogens with one attached hydrogen (secondary N) is 1. The molecule has 31 heavy (non-hydrogen) atoms. The van der Waals surface area contributed by atoms with Crippen molar-refractivity contribution < 1.29 is 14.5 Å². The summed E-state index contributed by atoms with van der Waals surface area (Å²) in [6, 6.07) is 12.7. The largest absolute Gasteiger partial charge is 0.486 e. The summed E-state index contributed by atoms with van der Waals surface area (Å²) in [7, 11) is 0. The second-order valence-electron chi connectivity index (χ2n) is 6.44. The third-order valence-electron chi connectivity index (χ3n) is 4.29. The number of thioether (sulfide) groups is 1. The van der Waals surface area contributed by atoms with Crippen LogP contribution in [0.2, 0.25) is 5.02 Å². The highest BCUT2D eigenvalue weighted by molar-refractivity contribution is 8.00. The van der Waals surface area contributed by atoms with Crippen molar-refractivity contribution in [2.24, 2.45) is 0 Å². The summed E-state index contributed by atoms with van der Waals surface area (Å²) in [4.78, 5) is 22.8. The van der Waals surface area contributed by atoms with Crippen LogP contribution < -0.4 is 10.1 Å². The number of carbonyl (C=O) groups is 1. The normalized spacial score (nSPS) is 11.7. The third-order valence-corrected chi connectivity index (χ3v) is 5.62. The molecule has 0 saturated carbocycles. The molecule has 1 N–H and O–H groups in total. The van der Waals surface area contributed by atoms with E-state index in [1.807, 2.05) is 11.5 Å². The SMILES string of the molecule is CCn1c(COc2ccc(Cl)cc2)nnc1SC(C)C(=O)Nc1ccc([N+](=O)[O-])cc1. The predicted octanol–water partition coefficient (Wildman–Crippen LogP) is 4.56. The highest BCUT2D eigenvalue weighted by Gasteiger charge is 2.20. The van der Waals surface area contributed by atoms with Gasteiger partial charge in [-0.1, -0.05) is 23.4 Å². The first-order valence-electron chi connectivity index (χ1n) is 9.39. The first-order valence-corrected chi connectivity index (χ1v) is 10.7. The minimum absolute atomic E-state index is 0.0372. The summed E-state index contributed by atoms with van der Waals surface area (Å²) in [6.45, 7) is 4.56. The Labute approximate surface area is 187 Å². The molecule has 0 aliphatic carbocycles. The van der Waals surface area contributed by atoms with Gasteiger partial charge in [-0.2, -0.15) is 0 Å². The van der Waals surface area contributed by atoms with Crippen molar-refractivity contribution in [1.82, 2.24) is 14.8 Å². The zero-order chi connectivity index (χ0) is 22.4. The summed E-state index contributed by atoms with van der Waals surface area (Å²) in [5, 5.41) is 22.6. The van der Waals surface area contributed by atoms with Crippen LogP contribution in [0.4, 0.5) is 11.4 Å². The molecule has 0 fully saturated rings. The number of benzene rings is 2. The number of ether oxygens (including phenoxy) is 1. The fraction of sp³-hybridized carbons (Fsp3) is 0.250. The van der Waals surface area contributed by atoms with Crippen LogP contribution in [0.15, 0.2) is 53.7 Å². The maximum atomic E-state index is 12.5. The molecule has 0 aliphatic rings. The molecular weight excluding hydrogens is 442 g/mol. The summed E-state index contributed by atoms with van der Waals surface area (Å²) >= 11 is 7.15. The molecule has 1 amide bonds. The Kier molecular flexibility index (Phi) is 7.48. The Balaban J connectivity index is 1.61. The van der Waals surface area contributed by atoms with Gasteiger partial charge in [0.05, 0.1) is 10.2 Å². The number of nitro groups is 1. The number of carbonyl (C=O) groups excluding carboxylic acids is 1. The lowest BCUT2D eigenvalue weighted by atomic mass is 10.3. The second-order valence-corrected chi connectivity index (χ2v) is 8.18. The highest BCUT2D eigenvalue weighted by Crippen LogP contribution is 2.25. The van der Waals surface area contributed by atoms with Gasteiger partial charge in [0, 0.05) is 29.4 Å². The average Bonchev–Trinajstić information content (AvgIpc) is 3.15. The van der Waals surface area contributed by atoms with Gasteiger partial charge in [-0.05, 0) is 50.2 Å². The van der Waals surface area contributed by atoms with Crippen LogP contribution in [0.5, 0.6) is 5.75 Å². The highest BCUT2D eigenvalue weighted by atomic mass is 35.5. The lowest BCUT2D eigenvalue weighted by molar-refractivity contribution is -0.384. The molecule has 1 atom stereocenters. The van der Waals surface area contributed by atoms with Gasteiger partial charge in [-0.15, -0.1) is 10.2 Å². The van der Waals surface area contributed by atoms with Gasteiger partial charge >= 0.3 is 0 Å². The van der Waals surface area contributed by atoms with Gasteiger partial charge < -0.3 is 14.6 Å². The molecule has 11 heteroatoms. The number of nitrogens with zero attached hydrogens (tertiary/aromatic N) is 4. The van der Waals surface area contributed by atoms with E-state index in [2.05, 4.69) is 15.5 Å². The van der Waals surface area contributed by atoms with Gasteiger partial charge in [0.2, 0.25) is 5.91 Å². The van der Waals surface area contributed by atoms with Gasteiger partial charge in [0.25, 0.3) is 5.69 Å². The van der Waals surface area contributed by atoms with Crippen LogP contribution in [0.25, 0.3) is 0 Å². The lowest BCUT2D eigenvalue weighted by Crippen LogP contribution is -2.23. The second kappa shape index (κ2) is 10.3. The minimum Gasteiger partial charge on any atom is -0.486 e. The zero-order valence-electron chi connectivity index (χ0n) is 16.8. The summed E-state index contributed by atoms with van der Waals surface area (Å²) in [5.41, 5.74) is 0.446. The average molecular weight is 462 g/mol. The number of hydrogen-bond acceptors (Lipinski definition) is 7. The molecule has 1 unspecified atom stereocenters. The van der Waals surface area contributed by atoms with Crippen molar-refractivity contribution in [2.45, 2.75) is 37.4 Å². The summed E-state index contributed by atoms with van der Waals surface area (Å²) in [5.74, 6) is 1.06. The van der Waals surface area contributed by atoms with E-state index in [0.29, 0.717) is 34.0 Å². The lowest BCUT2D eigenvalue weighted by Gasteiger charge is -2.13. The van der Waals surface area contributed by atoms with Gasteiger partial charge in [0.1, 0.15) is 12.4 Å². The van der Waals surface area contributed by atoms with Crippen LogP contribution in [0, 0.1) is 10.1 Å². The minimum atomic E-state index is -0.490. The fourth-order valence-corrected chi connectivity index (χ4v) is 3.69. The number of rotatable bonds is 9. The van der Waals surface area contributed by atoms with Crippen LogP contribution in [0.3, 0.4) is 0 Å². The molecule has 3 aromatic rings. The van der Waals surface area contributed by atoms with E-state index >= 15 is 0 Å². The molecule has 1 aromatic heterocycles. The Morgan fingerprint density at radius 1 is 1.23 bits per heavy atom. The Hall–Kier alpha value is -3.11. The Morgan fingerprint density at radius 2 is 1.90 bits per heavy atom.